The average Bonchev–Trinajstić information content (AvgIpc) is 3.34. The van der Waals surface area contributed by atoms with Crippen molar-refractivity contribution in [3.8, 4) is 0 Å². The van der Waals surface area contributed by atoms with E-state index in [1.807, 2.05) is 22.6 Å². The zero-order valence-corrected chi connectivity index (χ0v) is 24.4. The van der Waals surface area contributed by atoms with Crippen LogP contribution in [0, 0.1) is 9.39 Å². The number of nitrogens with zero attached hydrogens (tertiary/aromatic N) is 1. The van der Waals surface area contributed by atoms with Crippen molar-refractivity contribution in [2.75, 3.05) is 11.8 Å². The third-order valence-corrected chi connectivity index (χ3v) is 8.71. The fourth-order valence-corrected chi connectivity index (χ4v) is 6.43. The first-order chi connectivity index (χ1) is 17.6. The molecule has 14 heteroatoms. The summed E-state index contributed by atoms with van der Waals surface area (Å²) in [5.74, 6) is -1.87. The van der Waals surface area contributed by atoms with E-state index in [9.17, 15) is 22.4 Å². The van der Waals surface area contributed by atoms with Gasteiger partial charge in [0.25, 0.3) is 15.9 Å². The molecule has 2 aliphatic heterocycles. The van der Waals surface area contributed by atoms with Crippen LogP contribution in [0.3, 0.4) is 0 Å². The first-order valence-electron chi connectivity index (χ1n) is 10.5. The number of ether oxygens (including phenoxy) is 1. The molecule has 194 valence electrons. The molecule has 2 heterocycles. The zero-order valence-electron chi connectivity index (χ0n) is 19.0. The maximum Gasteiger partial charge on any atom is 0.328 e. The molecule has 0 saturated carbocycles. The molecular formula is C23H19BrFIN4O5S2. The number of nitrogens with one attached hydrogen (secondary N) is 3. The van der Waals surface area contributed by atoms with Gasteiger partial charge in [0, 0.05) is 22.4 Å². The van der Waals surface area contributed by atoms with Gasteiger partial charge in [-0.05, 0) is 86.6 Å². The minimum atomic E-state index is -4.09. The van der Waals surface area contributed by atoms with Crippen LogP contribution < -0.4 is 14.8 Å². The number of rotatable bonds is 8. The lowest BCUT2D eigenvalue weighted by Gasteiger charge is -2.22. The fraction of sp³-hybridized carbons (Fsp3) is 0.130. The Kier molecular flexibility index (Phi) is 8.50. The Labute approximate surface area is 239 Å². The number of hydrogen-bond donors (Lipinski definition) is 3. The number of sulfonamides is 1. The van der Waals surface area contributed by atoms with Crippen LogP contribution in [-0.4, -0.2) is 37.8 Å². The summed E-state index contributed by atoms with van der Waals surface area (Å²) in [5, 5.41) is 2.61. The van der Waals surface area contributed by atoms with Gasteiger partial charge in [0.2, 0.25) is 0 Å². The summed E-state index contributed by atoms with van der Waals surface area (Å²) in [4.78, 5) is 25.7. The van der Waals surface area contributed by atoms with Gasteiger partial charge in [0.15, 0.2) is 0 Å². The van der Waals surface area contributed by atoms with E-state index in [0.29, 0.717) is 14.8 Å². The largest absolute Gasteiger partial charge is 0.467 e. The third-order valence-electron chi connectivity index (χ3n) is 5.28. The molecule has 4 rings (SSSR count). The van der Waals surface area contributed by atoms with Crippen LogP contribution in [0.2, 0.25) is 0 Å². The molecule has 2 aromatic rings. The molecule has 0 aliphatic carbocycles. The molecule has 37 heavy (non-hydrogen) atoms. The number of allylic oxidation sites excluding steroid dienone is 2. The molecule has 0 saturated heterocycles. The Morgan fingerprint density at radius 3 is 2.78 bits per heavy atom. The predicted octanol–water partition coefficient (Wildman–Crippen LogP) is 4.17. The summed E-state index contributed by atoms with van der Waals surface area (Å²) in [6.07, 6.45) is 6.36. The summed E-state index contributed by atoms with van der Waals surface area (Å²) in [6, 6.07) is 7.75. The number of carbonyl (C=O) groups is 2. The zero-order chi connectivity index (χ0) is 26.7. The Bertz CT molecular complexity index is 1470. The van der Waals surface area contributed by atoms with Gasteiger partial charge in [-0.2, -0.15) is 0 Å². The molecule has 0 spiro atoms. The van der Waals surface area contributed by atoms with Crippen molar-refractivity contribution in [3.05, 3.63) is 96.5 Å². The van der Waals surface area contributed by atoms with Crippen LogP contribution in [0.25, 0.3) is 0 Å². The van der Waals surface area contributed by atoms with Crippen molar-refractivity contribution in [2.24, 2.45) is 0 Å². The van der Waals surface area contributed by atoms with Gasteiger partial charge in [-0.15, -0.1) is 0 Å². The molecule has 1 amide bonds. The van der Waals surface area contributed by atoms with Gasteiger partial charge in [0.1, 0.15) is 16.8 Å². The number of esters is 1. The smallest absolute Gasteiger partial charge is 0.328 e. The lowest BCUT2D eigenvalue weighted by atomic mass is 10.0. The molecule has 2 aromatic carbocycles. The number of benzene rings is 2. The summed E-state index contributed by atoms with van der Waals surface area (Å²) in [5.41, 5.74) is 1.06. The molecule has 0 radical (unpaired) electrons. The Balaban J connectivity index is 1.60. The summed E-state index contributed by atoms with van der Waals surface area (Å²) >= 11 is 6.33. The van der Waals surface area contributed by atoms with Gasteiger partial charge in [0.05, 0.1) is 40.7 Å². The van der Waals surface area contributed by atoms with Crippen molar-refractivity contribution < 1.29 is 27.1 Å². The van der Waals surface area contributed by atoms with E-state index < -0.39 is 33.8 Å². The minimum absolute atomic E-state index is 0.00916. The maximum absolute atomic E-state index is 13.6. The average molecular weight is 721 g/mol. The Morgan fingerprint density at radius 1 is 1.27 bits per heavy atom. The van der Waals surface area contributed by atoms with Gasteiger partial charge in [-0.3, -0.25) is 13.8 Å². The van der Waals surface area contributed by atoms with Crippen LogP contribution in [0.5, 0.6) is 0 Å². The molecule has 2 aliphatic rings. The van der Waals surface area contributed by atoms with E-state index in [2.05, 4.69) is 30.7 Å². The number of amides is 1. The second kappa shape index (κ2) is 11.4. The number of anilines is 1. The highest BCUT2D eigenvalue weighted by molar-refractivity contribution is 14.1. The van der Waals surface area contributed by atoms with Crippen molar-refractivity contribution in [2.45, 2.75) is 12.5 Å². The second-order valence-corrected chi connectivity index (χ2v) is 12.3. The second-order valence-electron chi connectivity index (χ2n) is 7.73. The Morgan fingerprint density at radius 2 is 2.05 bits per heavy atom. The fourth-order valence-electron chi connectivity index (χ4n) is 3.54. The molecular weight excluding hydrogens is 702 g/mol. The SMILES string of the molecule is COC(=O)[C@H](Cc1ccc(F)c(Br)c1)NC(=O)c1ccc(I)cc1NS(=O)(=O)C1=CC=CN2SNC=C12. The number of carbonyl (C=O) groups excluding carboxylic acids is 2. The molecule has 1 atom stereocenters. The molecule has 0 fully saturated rings. The first-order valence-corrected chi connectivity index (χ1v) is 14.7. The highest BCUT2D eigenvalue weighted by atomic mass is 127. The van der Waals surface area contributed by atoms with Gasteiger partial charge >= 0.3 is 5.97 Å². The lowest BCUT2D eigenvalue weighted by molar-refractivity contribution is -0.142. The third kappa shape index (κ3) is 6.30. The quantitative estimate of drug-likeness (QED) is 0.212. The number of hydrogen-bond acceptors (Lipinski definition) is 8. The highest BCUT2D eigenvalue weighted by Crippen LogP contribution is 2.34. The predicted molar refractivity (Wildman–Crippen MR) is 151 cm³/mol. The summed E-state index contributed by atoms with van der Waals surface area (Å²) in [6.45, 7) is 0. The van der Waals surface area contributed by atoms with Crippen LogP contribution in [0.15, 0.2) is 76.0 Å². The molecule has 0 aromatic heterocycles. The number of methoxy groups -OCH3 is 1. The van der Waals surface area contributed by atoms with Crippen LogP contribution in [0.4, 0.5) is 10.1 Å². The van der Waals surface area contributed by atoms with E-state index in [1.165, 1.54) is 55.7 Å². The van der Waals surface area contributed by atoms with Crippen LogP contribution in [-0.2, 0) is 26.0 Å². The van der Waals surface area contributed by atoms with Crippen molar-refractivity contribution in [3.63, 3.8) is 0 Å². The van der Waals surface area contributed by atoms with E-state index in [4.69, 9.17) is 4.74 Å². The topological polar surface area (TPSA) is 117 Å². The number of fused-ring (bicyclic) bond motifs is 1. The summed E-state index contributed by atoms with van der Waals surface area (Å²) in [7, 11) is -2.90. The Hall–Kier alpha value is -2.56. The van der Waals surface area contributed by atoms with Crippen molar-refractivity contribution >= 4 is 78.2 Å². The molecule has 9 nitrogen and oxygen atoms in total. The van der Waals surface area contributed by atoms with Gasteiger partial charge in [-0.1, -0.05) is 6.07 Å². The number of halogens is 3. The van der Waals surface area contributed by atoms with E-state index in [-0.39, 0.29) is 27.0 Å². The maximum atomic E-state index is 13.6. The monoisotopic (exact) mass is 720 g/mol. The normalized spacial score (nSPS) is 15.2. The lowest BCUT2D eigenvalue weighted by Crippen LogP contribution is -2.43. The highest BCUT2D eigenvalue weighted by Gasteiger charge is 2.31. The van der Waals surface area contributed by atoms with E-state index >= 15 is 0 Å². The van der Waals surface area contributed by atoms with Gasteiger partial charge < -0.3 is 14.8 Å². The molecule has 0 bridgehead atoms. The van der Waals surface area contributed by atoms with Crippen molar-refractivity contribution in [1.82, 2.24) is 14.3 Å². The summed E-state index contributed by atoms with van der Waals surface area (Å²) < 4.78 is 53.0. The molecule has 0 unspecified atom stereocenters. The first kappa shape index (κ1) is 27.5. The van der Waals surface area contributed by atoms with Gasteiger partial charge in [-0.25, -0.2) is 17.6 Å². The van der Waals surface area contributed by atoms with Crippen molar-refractivity contribution in [1.29, 1.82) is 0 Å². The minimum Gasteiger partial charge on any atom is -0.467 e. The van der Waals surface area contributed by atoms with Crippen LogP contribution >= 0.6 is 50.7 Å². The molecule has 3 N–H and O–H groups in total. The van der Waals surface area contributed by atoms with E-state index in [1.54, 1.807) is 28.8 Å². The van der Waals surface area contributed by atoms with Crippen LogP contribution in [0.1, 0.15) is 15.9 Å². The standard InChI is InChI=1S/C23H19BrFIN4O5S2/c1-35-23(32)19(10-13-4-7-17(25)16(24)9-13)28-22(31)15-6-5-14(26)11-18(15)29-37(33,34)21-3-2-8-30-20(21)12-27-36-30/h2-9,11-12,19,27,29H,10H2,1H3,(H,28,31)/t19-/m0/s1. The van der Waals surface area contributed by atoms with E-state index in [0.717, 1.165) is 0 Å².